The summed E-state index contributed by atoms with van der Waals surface area (Å²) in [6.07, 6.45) is 2.40. The van der Waals surface area contributed by atoms with Crippen molar-refractivity contribution < 1.29 is 4.39 Å². The highest BCUT2D eigenvalue weighted by atomic mass is 19.1. The van der Waals surface area contributed by atoms with Gasteiger partial charge in [-0.2, -0.15) is 0 Å². The molecule has 1 fully saturated rings. The summed E-state index contributed by atoms with van der Waals surface area (Å²) in [4.78, 5) is 9.62. The lowest BCUT2D eigenvalue weighted by atomic mass is 10.0. The molecule has 1 saturated heterocycles. The molecule has 14 heavy (non-hydrogen) atoms. The molecule has 2 heterocycles. The SMILES string of the molecule is Cc1ncnc(N2CCC2CN)c1F. The third kappa shape index (κ3) is 1.33. The average Bonchev–Trinajstić information content (AvgIpc) is 2.12. The Hall–Kier alpha value is -1.23. The van der Waals surface area contributed by atoms with Gasteiger partial charge >= 0.3 is 0 Å². The lowest BCUT2D eigenvalue weighted by molar-refractivity contribution is 0.439. The molecule has 1 aromatic heterocycles. The molecule has 1 atom stereocenters. The monoisotopic (exact) mass is 196 g/mol. The number of nitrogens with two attached hydrogens (primary N) is 1. The van der Waals surface area contributed by atoms with E-state index in [1.165, 1.54) is 6.33 Å². The van der Waals surface area contributed by atoms with Crippen molar-refractivity contribution in [3.8, 4) is 0 Å². The van der Waals surface area contributed by atoms with Gasteiger partial charge in [0.25, 0.3) is 0 Å². The number of hydrogen-bond acceptors (Lipinski definition) is 4. The second-order valence-electron chi connectivity index (χ2n) is 3.47. The highest BCUT2D eigenvalue weighted by Gasteiger charge is 2.30. The predicted octanol–water partition coefficient (Wildman–Crippen LogP) is 0.462. The van der Waals surface area contributed by atoms with E-state index < -0.39 is 0 Å². The fourth-order valence-electron chi connectivity index (χ4n) is 1.61. The molecule has 1 aliphatic heterocycles. The van der Waals surface area contributed by atoms with Crippen molar-refractivity contribution >= 4 is 5.82 Å². The molecule has 0 saturated carbocycles. The molecular weight excluding hydrogens is 183 g/mol. The van der Waals surface area contributed by atoms with E-state index in [4.69, 9.17) is 5.73 Å². The van der Waals surface area contributed by atoms with E-state index in [9.17, 15) is 4.39 Å². The van der Waals surface area contributed by atoms with Gasteiger partial charge in [0.15, 0.2) is 11.6 Å². The topological polar surface area (TPSA) is 55.0 Å². The van der Waals surface area contributed by atoms with Gasteiger partial charge < -0.3 is 10.6 Å². The van der Waals surface area contributed by atoms with Crippen LogP contribution in [0.15, 0.2) is 6.33 Å². The Bertz CT molecular complexity index is 340. The zero-order valence-corrected chi connectivity index (χ0v) is 8.07. The standard InChI is InChI=1S/C9H13FN4/c1-6-8(10)9(13-5-12-6)14-3-2-7(14)4-11/h5,7H,2-4,11H2,1H3. The average molecular weight is 196 g/mol. The zero-order valence-electron chi connectivity index (χ0n) is 8.07. The molecule has 0 radical (unpaired) electrons. The third-order valence-corrected chi connectivity index (χ3v) is 2.63. The Kier molecular flexibility index (Phi) is 2.33. The van der Waals surface area contributed by atoms with Crippen LogP contribution in [0.5, 0.6) is 0 Å². The first-order valence-corrected chi connectivity index (χ1v) is 4.68. The number of aryl methyl sites for hydroxylation is 1. The first kappa shape index (κ1) is 9.33. The van der Waals surface area contributed by atoms with Gasteiger partial charge in [0.1, 0.15) is 6.33 Å². The summed E-state index contributed by atoms with van der Waals surface area (Å²) in [5, 5.41) is 0. The molecule has 2 N–H and O–H groups in total. The molecule has 2 rings (SSSR count). The highest BCUT2D eigenvalue weighted by molar-refractivity contribution is 5.44. The van der Waals surface area contributed by atoms with E-state index in [1.54, 1.807) is 6.92 Å². The van der Waals surface area contributed by atoms with Crippen LogP contribution in [0.1, 0.15) is 12.1 Å². The summed E-state index contributed by atoms with van der Waals surface area (Å²) in [6, 6.07) is 0.235. The summed E-state index contributed by atoms with van der Waals surface area (Å²) in [5.74, 6) is 0.0600. The molecule has 0 amide bonds. The minimum atomic E-state index is -0.328. The van der Waals surface area contributed by atoms with E-state index in [1.807, 2.05) is 4.90 Å². The normalized spacial score (nSPS) is 20.8. The van der Waals surface area contributed by atoms with Crippen LogP contribution >= 0.6 is 0 Å². The minimum Gasteiger partial charge on any atom is -0.350 e. The van der Waals surface area contributed by atoms with Crippen LogP contribution in [0.25, 0.3) is 0 Å². The van der Waals surface area contributed by atoms with Gasteiger partial charge in [-0.25, -0.2) is 14.4 Å². The van der Waals surface area contributed by atoms with Crippen molar-refractivity contribution in [2.75, 3.05) is 18.0 Å². The number of nitrogens with zero attached hydrogens (tertiary/aromatic N) is 3. The Balaban J connectivity index is 2.28. The Morgan fingerprint density at radius 3 is 3.00 bits per heavy atom. The maximum absolute atomic E-state index is 13.6. The van der Waals surface area contributed by atoms with Crippen LogP contribution in [0.3, 0.4) is 0 Å². The van der Waals surface area contributed by atoms with Gasteiger partial charge in [0, 0.05) is 19.1 Å². The van der Waals surface area contributed by atoms with Gasteiger partial charge in [-0.3, -0.25) is 0 Å². The zero-order chi connectivity index (χ0) is 10.1. The molecule has 1 unspecified atom stereocenters. The summed E-state index contributed by atoms with van der Waals surface area (Å²) in [5.41, 5.74) is 5.93. The van der Waals surface area contributed by atoms with Crippen LogP contribution < -0.4 is 10.6 Å². The van der Waals surface area contributed by atoms with Crippen molar-refractivity contribution in [2.24, 2.45) is 5.73 Å². The molecule has 0 aliphatic carbocycles. The first-order valence-electron chi connectivity index (χ1n) is 4.68. The van der Waals surface area contributed by atoms with Gasteiger partial charge in [0.05, 0.1) is 5.69 Å². The number of hydrogen-bond donors (Lipinski definition) is 1. The molecule has 76 valence electrons. The smallest absolute Gasteiger partial charge is 0.186 e. The van der Waals surface area contributed by atoms with Crippen LogP contribution in [0.2, 0.25) is 0 Å². The third-order valence-electron chi connectivity index (χ3n) is 2.63. The van der Waals surface area contributed by atoms with E-state index in [0.29, 0.717) is 18.1 Å². The second-order valence-corrected chi connectivity index (χ2v) is 3.47. The largest absolute Gasteiger partial charge is 0.350 e. The van der Waals surface area contributed by atoms with Crippen LogP contribution in [0, 0.1) is 12.7 Å². The molecule has 0 bridgehead atoms. The Labute approximate surface area is 82.0 Å². The number of halogens is 1. The summed E-state index contributed by atoms with van der Waals surface area (Å²) in [6.45, 7) is 3.01. The number of anilines is 1. The number of rotatable bonds is 2. The van der Waals surface area contributed by atoms with Crippen LogP contribution in [-0.2, 0) is 0 Å². The van der Waals surface area contributed by atoms with E-state index in [-0.39, 0.29) is 11.9 Å². The van der Waals surface area contributed by atoms with Gasteiger partial charge in [0.2, 0.25) is 0 Å². The minimum absolute atomic E-state index is 0.235. The van der Waals surface area contributed by atoms with Gasteiger partial charge in [-0.15, -0.1) is 0 Å². The predicted molar refractivity (Wildman–Crippen MR) is 51.5 cm³/mol. The fourth-order valence-corrected chi connectivity index (χ4v) is 1.61. The van der Waals surface area contributed by atoms with Crippen molar-refractivity contribution in [1.29, 1.82) is 0 Å². The van der Waals surface area contributed by atoms with Crippen molar-refractivity contribution in [3.05, 3.63) is 17.8 Å². The van der Waals surface area contributed by atoms with Crippen LogP contribution in [-0.4, -0.2) is 29.1 Å². The molecule has 1 aliphatic rings. The van der Waals surface area contributed by atoms with E-state index in [2.05, 4.69) is 9.97 Å². The molecular formula is C9H13FN4. The van der Waals surface area contributed by atoms with Crippen LogP contribution in [0.4, 0.5) is 10.2 Å². The van der Waals surface area contributed by atoms with E-state index >= 15 is 0 Å². The summed E-state index contributed by atoms with van der Waals surface area (Å²) >= 11 is 0. The van der Waals surface area contributed by atoms with Gasteiger partial charge in [-0.05, 0) is 13.3 Å². The maximum atomic E-state index is 13.6. The summed E-state index contributed by atoms with van der Waals surface area (Å²) in [7, 11) is 0. The number of aromatic nitrogens is 2. The summed E-state index contributed by atoms with van der Waals surface area (Å²) < 4.78 is 13.6. The second kappa shape index (κ2) is 3.49. The lowest BCUT2D eigenvalue weighted by Gasteiger charge is -2.41. The van der Waals surface area contributed by atoms with Crippen molar-refractivity contribution in [1.82, 2.24) is 9.97 Å². The molecule has 5 heteroatoms. The first-order chi connectivity index (χ1) is 6.74. The van der Waals surface area contributed by atoms with E-state index in [0.717, 1.165) is 13.0 Å². The quantitative estimate of drug-likeness (QED) is 0.746. The maximum Gasteiger partial charge on any atom is 0.186 e. The molecule has 0 aromatic carbocycles. The fraction of sp³-hybridized carbons (Fsp3) is 0.556. The Morgan fingerprint density at radius 1 is 1.64 bits per heavy atom. The molecule has 0 spiro atoms. The van der Waals surface area contributed by atoms with Gasteiger partial charge in [-0.1, -0.05) is 0 Å². The lowest BCUT2D eigenvalue weighted by Crippen LogP contribution is -2.52. The Morgan fingerprint density at radius 2 is 2.43 bits per heavy atom. The molecule has 4 nitrogen and oxygen atoms in total. The van der Waals surface area contributed by atoms with Crippen molar-refractivity contribution in [2.45, 2.75) is 19.4 Å². The van der Waals surface area contributed by atoms with Crippen molar-refractivity contribution in [3.63, 3.8) is 0 Å². The highest BCUT2D eigenvalue weighted by Crippen LogP contribution is 2.26. The molecule has 1 aromatic rings.